The van der Waals surface area contributed by atoms with Crippen LogP contribution in [-0.2, 0) is 9.59 Å². The Kier molecular flexibility index (Phi) is 8.58. The lowest BCUT2D eigenvalue weighted by atomic mass is 9.92. The smallest absolute Gasteiger partial charge is 0.246 e. The molecule has 0 unspecified atom stereocenters. The first-order chi connectivity index (χ1) is 16.7. The Morgan fingerprint density at radius 3 is 2.24 bits per heavy atom. The summed E-state index contributed by atoms with van der Waals surface area (Å²) in [7, 11) is 0. The topological polar surface area (TPSA) is 61.9 Å². The lowest BCUT2D eigenvalue weighted by Crippen LogP contribution is -2.46. The molecule has 0 aliphatic carbocycles. The summed E-state index contributed by atoms with van der Waals surface area (Å²) in [6, 6.07) is 17.1. The average molecular weight is 464 g/mol. The number of carbonyl (C=O) groups is 2. The van der Waals surface area contributed by atoms with Gasteiger partial charge in [-0.25, -0.2) is 0 Å². The number of piperidine rings is 1. The van der Waals surface area contributed by atoms with Crippen molar-refractivity contribution in [1.82, 2.24) is 9.80 Å². The number of ether oxygens (including phenoxy) is 1. The van der Waals surface area contributed by atoms with Crippen molar-refractivity contribution in [2.24, 2.45) is 5.92 Å². The number of likely N-dealkylation sites (tertiary alicyclic amines) is 2. The quantitative estimate of drug-likeness (QED) is 0.636. The lowest BCUT2D eigenvalue weighted by molar-refractivity contribution is -0.137. The van der Waals surface area contributed by atoms with Gasteiger partial charge in [0.15, 0.2) is 0 Å². The monoisotopic (exact) mass is 463 g/mol. The second-order valence-corrected chi connectivity index (χ2v) is 9.28. The van der Waals surface area contributed by atoms with E-state index in [9.17, 15) is 9.59 Å². The summed E-state index contributed by atoms with van der Waals surface area (Å²) in [6.07, 6.45) is 6.27. The van der Waals surface area contributed by atoms with Gasteiger partial charge in [0, 0.05) is 19.0 Å². The van der Waals surface area contributed by atoms with Crippen LogP contribution in [0.5, 0.6) is 5.75 Å². The van der Waals surface area contributed by atoms with Crippen LogP contribution in [0, 0.1) is 5.92 Å². The molecule has 6 nitrogen and oxygen atoms in total. The van der Waals surface area contributed by atoms with E-state index in [1.807, 2.05) is 61.5 Å². The van der Waals surface area contributed by atoms with Crippen molar-refractivity contribution in [3.05, 3.63) is 60.2 Å². The van der Waals surface area contributed by atoms with Crippen LogP contribution in [-0.4, -0.2) is 54.4 Å². The van der Waals surface area contributed by atoms with Crippen LogP contribution in [0.25, 0.3) is 0 Å². The molecule has 2 aliphatic rings. The van der Waals surface area contributed by atoms with Crippen LogP contribution >= 0.6 is 0 Å². The van der Waals surface area contributed by atoms with E-state index in [4.69, 9.17) is 4.74 Å². The second kappa shape index (κ2) is 12.0. The molecule has 2 amide bonds. The molecule has 0 radical (unpaired) electrons. The minimum atomic E-state index is -0.412. The van der Waals surface area contributed by atoms with Gasteiger partial charge in [-0.1, -0.05) is 55.3 Å². The predicted octanol–water partition coefficient (Wildman–Crippen LogP) is 4.88. The number of carbonyl (C=O) groups excluding carboxylic acids is 2. The largest absolute Gasteiger partial charge is 0.492 e. The van der Waals surface area contributed by atoms with Crippen LogP contribution in [0.4, 0.5) is 5.69 Å². The molecule has 0 bridgehead atoms. The Bertz CT molecular complexity index is 933. The van der Waals surface area contributed by atoms with Gasteiger partial charge in [0.05, 0.1) is 12.3 Å². The molecule has 2 aliphatic heterocycles. The van der Waals surface area contributed by atoms with Gasteiger partial charge in [-0.05, 0) is 63.4 Å². The first-order valence-electron chi connectivity index (χ1n) is 12.8. The zero-order chi connectivity index (χ0) is 23.8. The van der Waals surface area contributed by atoms with E-state index in [0.29, 0.717) is 24.0 Å². The summed E-state index contributed by atoms with van der Waals surface area (Å²) >= 11 is 0. The third-order valence-corrected chi connectivity index (χ3v) is 6.97. The molecule has 34 heavy (non-hydrogen) atoms. The fourth-order valence-corrected chi connectivity index (χ4v) is 5.17. The number of hydrogen-bond acceptors (Lipinski definition) is 4. The molecule has 2 aromatic rings. The van der Waals surface area contributed by atoms with Gasteiger partial charge >= 0.3 is 0 Å². The molecule has 0 aromatic heterocycles. The van der Waals surface area contributed by atoms with Gasteiger partial charge < -0.3 is 15.0 Å². The fourth-order valence-electron chi connectivity index (χ4n) is 5.17. The number of nitrogens with one attached hydrogen (secondary N) is 1. The minimum Gasteiger partial charge on any atom is -0.492 e. The summed E-state index contributed by atoms with van der Waals surface area (Å²) in [5.74, 6) is 0.975. The number of rotatable bonds is 7. The predicted molar refractivity (Wildman–Crippen MR) is 135 cm³/mol. The van der Waals surface area contributed by atoms with Gasteiger partial charge in [0.2, 0.25) is 11.8 Å². The molecule has 0 saturated carbocycles. The zero-order valence-electron chi connectivity index (χ0n) is 20.2. The van der Waals surface area contributed by atoms with Crippen LogP contribution in [0.15, 0.2) is 54.6 Å². The Morgan fingerprint density at radius 2 is 1.56 bits per heavy atom. The van der Waals surface area contributed by atoms with Crippen molar-refractivity contribution in [2.45, 2.75) is 51.5 Å². The first-order valence-corrected chi connectivity index (χ1v) is 12.8. The number of amides is 2. The molecule has 1 atom stereocenters. The Balaban J connectivity index is 1.46. The summed E-state index contributed by atoms with van der Waals surface area (Å²) in [4.78, 5) is 31.0. The standard InChI is InChI=1S/C28H37N3O3/c1-2-34-25-15-9-8-14-24(25)29-27(32)26(22-12-6-5-7-13-22)30-20-16-23(17-21-30)28(33)31-18-10-3-4-11-19-31/h5-9,12-15,23,26H,2-4,10-11,16-21H2,1H3,(H,29,32)/t26-/m0/s1. The molecule has 0 spiro atoms. The molecule has 2 fully saturated rings. The maximum atomic E-state index is 13.6. The summed E-state index contributed by atoms with van der Waals surface area (Å²) in [5, 5.41) is 3.10. The Labute approximate surface area is 203 Å². The molecule has 2 aromatic carbocycles. The van der Waals surface area contributed by atoms with E-state index >= 15 is 0 Å². The lowest BCUT2D eigenvalue weighted by Gasteiger charge is -2.38. The minimum absolute atomic E-state index is 0.0625. The number of anilines is 1. The normalized spacial score (nSPS) is 18.7. The van der Waals surface area contributed by atoms with E-state index in [2.05, 4.69) is 15.1 Å². The van der Waals surface area contributed by atoms with Crippen molar-refractivity contribution in [3.63, 3.8) is 0 Å². The second-order valence-electron chi connectivity index (χ2n) is 9.28. The van der Waals surface area contributed by atoms with Crippen molar-refractivity contribution in [2.75, 3.05) is 38.1 Å². The van der Waals surface area contributed by atoms with E-state index in [0.717, 1.165) is 57.4 Å². The first kappa shape index (κ1) is 24.3. The maximum absolute atomic E-state index is 13.6. The van der Waals surface area contributed by atoms with E-state index in [1.165, 1.54) is 12.8 Å². The summed E-state index contributed by atoms with van der Waals surface area (Å²) in [6.45, 7) is 5.71. The van der Waals surface area contributed by atoms with Crippen LogP contribution in [0.1, 0.15) is 57.1 Å². The van der Waals surface area contributed by atoms with Crippen molar-refractivity contribution < 1.29 is 14.3 Å². The van der Waals surface area contributed by atoms with Crippen molar-refractivity contribution >= 4 is 17.5 Å². The van der Waals surface area contributed by atoms with Gasteiger partial charge in [-0.3, -0.25) is 14.5 Å². The molecule has 2 heterocycles. The highest BCUT2D eigenvalue weighted by atomic mass is 16.5. The highest BCUT2D eigenvalue weighted by Crippen LogP contribution is 2.31. The van der Waals surface area contributed by atoms with Gasteiger partial charge in [-0.2, -0.15) is 0 Å². The molecule has 2 saturated heterocycles. The van der Waals surface area contributed by atoms with E-state index < -0.39 is 6.04 Å². The van der Waals surface area contributed by atoms with Crippen LogP contribution < -0.4 is 10.1 Å². The third-order valence-electron chi connectivity index (χ3n) is 6.97. The van der Waals surface area contributed by atoms with Crippen LogP contribution in [0.2, 0.25) is 0 Å². The number of para-hydroxylation sites is 2. The number of benzene rings is 2. The van der Waals surface area contributed by atoms with Gasteiger partial charge in [-0.15, -0.1) is 0 Å². The SMILES string of the molecule is CCOc1ccccc1NC(=O)[C@H](c1ccccc1)N1CCC(C(=O)N2CCCCCC2)CC1. The van der Waals surface area contributed by atoms with Crippen molar-refractivity contribution in [1.29, 1.82) is 0 Å². The highest BCUT2D eigenvalue weighted by molar-refractivity contribution is 5.96. The molecule has 4 rings (SSSR count). The van der Waals surface area contributed by atoms with Gasteiger partial charge in [0.25, 0.3) is 0 Å². The summed E-state index contributed by atoms with van der Waals surface area (Å²) in [5.41, 5.74) is 1.65. The zero-order valence-corrected chi connectivity index (χ0v) is 20.2. The van der Waals surface area contributed by atoms with E-state index in [1.54, 1.807) is 0 Å². The van der Waals surface area contributed by atoms with E-state index in [-0.39, 0.29) is 11.8 Å². The summed E-state index contributed by atoms with van der Waals surface area (Å²) < 4.78 is 5.71. The molecule has 6 heteroatoms. The Hall–Kier alpha value is -2.86. The molecular weight excluding hydrogens is 426 g/mol. The number of hydrogen-bond donors (Lipinski definition) is 1. The molecule has 182 valence electrons. The number of nitrogens with zero attached hydrogens (tertiary/aromatic N) is 2. The Morgan fingerprint density at radius 1 is 0.912 bits per heavy atom. The molecular formula is C28H37N3O3. The maximum Gasteiger partial charge on any atom is 0.246 e. The van der Waals surface area contributed by atoms with Crippen LogP contribution in [0.3, 0.4) is 0 Å². The molecule has 1 N–H and O–H groups in total. The third kappa shape index (κ3) is 5.98. The van der Waals surface area contributed by atoms with Gasteiger partial charge in [0.1, 0.15) is 11.8 Å². The highest BCUT2D eigenvalue weighted by Gasteiger charge is 2.34. The fraction of sp³-hybridized carbons (Fsp3) is 0.500. The van der Waals surface area contributed by atoms with Crippen molar-refractivity contribution in [3.8, 4) is 5.75 Å². The average Bonchev–Trinajstić information content (AvgIpc) is 3.16.